The number of unbranched alkanes of at least 4 members (excludes halogenated alkanes) is 11. The number of carbonyl (C=O) groups is 1. The number of amides is 1. The zero-order valence-corrected chi connectivity index (χ0v) is 22.5. The van der Waals surface area contributed by atoms with E-state index in [1.807, 2.05) is 42.5 Å². The Morgan fingerprint density at radius 3 is 2.03 bits per heavy atom. The summed E-state index contributed by atoms with van der Waals surface area (Å²) in [6, 6.07) is 16.4. The van der Waals surface area contributed by atoms with Crippen molar-refractivity contribution < 1.29 is 14.6 Å². The van der Waals surface area contributed by atoms with E-state index in [0.29, 0.717) is 28.3 Å². The summed E-state index contributed by atoms with van der Waals surface area (Å²) in [6.07, 6.45) is 15.6. The molecule has 0 unspecified atom stereocenters. The predicted octanol–water partition coefficient (Wildman–Crippen LogP) is 9.17. The Hall–Kier alpha value is -2.66. The Morgan fingerprint density at radius 1 is 0.806 bits per heavy atom. The van der Waals surface area contributed by atoms with Crippen LogP contribution in [-0.2, 0) is 0 Å². The van der Waals surface area contributed by atoms with E-state index in [9.17, 15) is 9.90 Å². The van der Waals surface area contributed by atoms with Crippen LogP contribution >= 0.6 is 12.6 Å². The molecule has 0 aliphatic carbocycles. The molecule has 2 N–H and O–H groups in total. The second kappa shape index (κ2) is 15.5. The van der Waals surface area contributed by atoms with Gasteiger partial charge in [-0.2, -0.15) is 0 Å². The molecule has 0 spiro atoms. The quantitative estimate of drug-likeness (QED) is 0.134. The third-order valence-corrected chi connectivity index (χ3v) is 7.00. The minimum absolute atomic E-state index is 0.0456. The summed E-state index contributed by atoms with van der Waals surface area (Å²) < 4.78 is 6.00. The number of hydrogen-bond donors (Lipinski definition) is 3. The fraction of sp³-hybridized carbons (Fsp3) is 0.452. The zero-order chi connectivity index (χ0) is 25.6. The van der Waals surface area contributed by atoms with Gasteiger partial charge in [0.05, 0.1) is 17.9 Å². The standard InChI is InChI=1S/C31H41NO3S/c1-2-3-4-5-6-7-8-9-10-11-12-17-22-35-28-21-16-15-20-27(28)32-31(34)26-23-29(36)24-18-13-14-19-25(24)30(26)33/h13-16,18-21,23,33,36H,2-12,17,22H2,1H3,(H,32,34). The lowest BCUT2D eigenvalue weighted by atomic mass is 10.0. The molecule has 0 atom stereocenters. The number of fused-ring (bicyclic) bond motifs is 1. The van der Waals surface area contributed by atoms with Crippen LogP contribution in [0.1, 0.15) is 94.3 Å². The van der Waals surface area contributed by atoms with E-state index in [1.54, 1.807) is 12.1 Å². The van der Waals surface area contributed by atoms with E-state index in [-0.39, 0.29) is 11.3 Å². The molecule has 3 aromatic rings. The second-order valence-corrected chi connectivity index (χ2v) is 10.0. The minimum Gasteiger partial charge on any atom is -0.506 e. The number of ether oxygens (including phenoxy) is 1. The van der Waals surface area contributed by atoms with E-state index in [0.717, 1.165) is 18.2 Å². The topological polar surface area (TPSA) is 58.6 Å². The molecule has 0 aliphatic rings. The molecule has 36 heavy (non-hydrogen) atoms. The number of benzene rings is 3. The summed E-state index contributed by atoms with van der Waals surface area (Å²) in [4.78, 5) is 13.7. The molecule has 3 aromatic carbocycles. The maximum atomic E-state index is 13.0. The number of phenols is 1. The maximum Gasteiger partial charge on any atom is 0.259 e. The molecule has 0 fully saturated rings. The number of hydrogen-bond acceptors (Lipinski definition) is 4. The van der Waals surface area contributed by atoms with Gasteiger partial charge in [-0.05, 0) is 30.0 Å². The van der Waals surface area contributed by atoms with Gasteiger partial charge >= 0.3 is 0 Å². The average Bonchev–Trinajstić information content (AvgIpc) is 2.89. The van der Waals surface area contributed by atoms with Crippen LogP contribution in [0.15, 0.2) is 59.5 Å². The lowest BCUT2D eigenvalue weighted by molar-refractivity contribution is 0.102. The Morgan fingerprint density at radius 2 is 1.36 bits per heavy atom. The normalized spacial score (nSPS) is 11.1. The van der Waals surface area contributed by atoms with Crippen LogP contribution in [0.5, 0.6) is 11.5 Å². The molecule has 4 nitrogen and oxygen atoms in total. The molecule has 5 heteroatoms. The van der Waals surface area contributed by atoms with Gasteiger partial charge in [-0.25, -0.2) is 0 Å². The first-order chi connectivity index (χ1) is 17.6. The molecule has 0 aliphatic heterocycles. The van der Waals surface area contributed by atoms with Crippen LogP contribution in [0.2, 0.25) is 0 Å². The third-order valence-electron chi connectivity index (χ3n) is 6.63. The van der Waals surface area contributed by atoms with Crippen molar-refractivity contribution in [3.8, 4) is 11.5 Å². The first-order valence-corrected chi connectivity index (χ1v) is 14.0. The first kappa shape index (κ1) is 27.9. The lowest BCUT2D eigenvalue weighted by Gasteiger charge is -2.14. The molecule has 0 radical (unpaired) electrons. The van der Waals surface area contributed by atoms with Gasteiger partial charge in [0.15, 0.2) is 0 Å². The summed E-state index contributed by atoms with van der Waals surface area (Å²) in [5, 5.41) is 15.0. The highest BCUT2D eigenvalue weighted by Crippen LogP contribution is 2.34. The van der Waals surface area contributed by atoms with Gasteiger partial charge in [0.2, 0.25) is 0 Å². The van der Waals surface area contributed by atoms with Gasteiger partial charge in [0.1, 0.15) is 11.5 Å². The number of nitrogens with one attached hydrogen (secondary N) is 1. The summed E-state index contributed by atoms with van der Waals surface area (Å²) in [7, 11) is 0. The van der Waals surface area contributed by atoms with Gasteiger partial charge in [-0.3, -0.25) is 4.79 Å². The van der Waals surface area contributed by atoms with Crippen molar-refractivity contribution in [2.24, 2.45) is 0 Å². The van der Waals surface area contributed by atoms with Gasteiger partial charge in [0, 0.05) is 10.3 Å². The Bertz CT molecular complexity index is 1100. The number of para-hydroxylation sites is 2. The van der Waals surface area contributed by atoms with Gasteiger partial charge in [-0.15, -0.1) is 12.6 Å². The summed E-state index contributed by atoms with van der Waals surface area (Å²) >= 11 is 4.51. The highest BCUT2D eigenvalue weighted by molar-refractivity contribution is 7.80. The van der Waals surface area contributed by atoms with E-state index < -0.39 is 5.91 Å². The molecule has 1 amide bonds. The van der Waals surface area contributed by atoms with Crippen molar-refractivity contribution >= 4 is 35.0 Å². The van der Waals surface area contributed by atoms with Crippen molar-refractivity contribution in [2.75, 3.05) is 11.9 Å². The first-order valence-electron chi connectivity index (χ1n) is 13.6. The Labute approximate surface area is 221 Å². The van der Waals surface area contributed by atoms with Crippen LogP contribution in [0, 0.1) is 0 Å². The predicted molar refractivity (Wildman–Crippen MR) is 154 cm³/mol. The van der Waals surface area contributed by atoms with Gasteiger partial charge in [-0.1, -0.05) is 114 Å². The fourth-order valence-corrected chi connectivity index (χ4v) is 4.85. The molecule has 0 heterocycles. The van der Waals surface area contributed by atoms with Crippen LogP contribution < -0.4 is 10.1 Å². The van der Waals surface area contributed by atoms with Crippen LogP contribution in [0.25, 0.3) is 10.8 Å². The van der Waals surface area contributed by atoms with Gasteiger partial charge < -0.3 is 15.2 Å². The van der Waals surface area contributed by atoms with E-state index in [1.165, 1.54) is 64.2 Å². The number of rotatable bonds is 16. The summed E-state index contributed by atoms with van der Waals surface area (Å²) in [5.41, 5.74) is 0.782. The zero-order valence-electron chi connectivity index (χ0n) is 21.6. The summed E-state index contributed by atoms with van der Waals surface area (Å²) in [6.45, 7) is 2.88. The summed E-state index contributed by atoms with van der Waals surface area (Å²) in [5.74, 6) is 0.200. The van der Waals surface area contributed by atoms with Gasteiger partial charge in [0.25, 0.3) is 5.91 Å². The lowest BCUT2D eigenvalue weighted by Crippen LogP contribution is -2.13. The fourth-order valence-electron chi connectivity index (χ4n) is 4.52. The number of phenolic OH excluding ortho intramolecular Hbond substituents is 1. The van der Waals surface area contributed by atoms with Crippen molar-refractivity contribution in [3.05, 3.63) is 60.2 Å². The molecule has 0 aromatic heterocycles. The number of anilines is 1. The van der Waals surface area contributed by atoms with Crippen LogP contribution in [0.3, 0.4) is 0 Å². The van der Waals surface area contributed by atoms with Crippen LogP contribution in [-0.4, -0.2) is 17.6 Å². The molecule has 0 saturated carbocycles. The number of thiol groups is 1. The average molecular weight is 508 g/mol. The molecule has 0 bridgehead atoms. The maximum absolute atomic E-state index is 13.0. The monoisotopic (exact) mass is 507 g/mol. The molecule has 0 saturated heterocycles. The van der Waals surface area contributed by atoms with Crippen LogP contribution in [0.4, 0.5) is 5.69 Å². The van der Waals surface area contributed by atoms with E-state index in [4.69, 9.17) is 4.74 Å². The highest BCUT2D eigenvalue weighted by atomic mass is 32.1. The molecular weight excluding hydrogens is 466 g/mol. The third kappa shape index (κ3) is 8.48. The minimum atomic E-state index is -0.394. The Kier molecular flexibility index (Phi) is 12.0. The molecular formula is C31H41NO3S. The number of aromatic hydroxyl groups is 1. The molecule has 194 valence electrons. The molecule has 3 rings (SSSR count). The Balaban J connectivity index is 1.41. The van der Waals surface area contributed by atoms with E-state index >= 15 is 0 Å². The second-order valence-electron chi connectivity index (χ2n) is 9.53. The largest absolute Gasteiger partial charge is 0.506 e. The number of carbonyl (C=O) groups excluding carboxylic acids is 1. The van der Waals surface area contributed by atoms with E-state index in [2.05, 4.69) is 24.9 Å². The smallest absolute Gasteiger partial charge is 0.259 e. The van der Waals surface area contributed by atoms with Crippen molar-refractivity contribution in [2.45, 2.75) is 88.9 Å². The van der Waals surface area contributed by atoms with Crippen molar-refractivity contribution in [1.82, 2.24) is 0 Å². The highest BCUT2D eigenvalue weighted by Gasteiger charge is 2.17. The van der Waals surface area contributed by atoms with Crippen molar-refractivity contribution in [1.29, 1.82) is 0 Å². The van der Waals surface area contributed by atoms with Crippen molar-refractivity contribution in [3.63, 3.8) is 0 Å². The SMILES string of the molecule is CCCCCCCCCCCCCCOc1ccccc1NC(=O)c1cc(S)c2ccccc2c1O.